The fourth-order valence-corrected chi connectivity index (χ4v) is 1.37. The summed E-state index contributed by atoms with van der Waals surface area (Å²) in [6, 6.07) is 0. The highest BCUT2D eigenvalue weighted by molar-refractivity contribution is 5.56. The molecular formula is C9H17N. The molecule has 0 spiro atoms. The molecule has 0 aromatic rings. The molecule has 1 nitrogen and oxygen atoms in total. The lowest BCUT2D eigenvalue weighted by molar-refractivity contribution is 0.441. The Morgan fingerprint density at radius 3 is 2.50 bits per heavy atom. The van der Waals surface area contributed by atoms with E-state index in [1.165, 1.54) is 19.3 Å². The molecule has 0 aromatic heterocycles. The molecular weight excluding hydrogens is 122 g/mol. The van der Waals surface area contributed by atoms with E-state index in [-0.39, 0.29) is 0 Å². The van der Waals surface area contributed by atoms with Crippen molar-refractivity contribution in [1.29, 1.82) is 5.41 Å². The van der Waals surface area contributed by atoms with Crippen LogP contribution in [0, 0.1) is 16.7 Å². The Kier molecular flexibility index (Phi) is 2.12. The zero-order chi connectivity index (χ0) is 7.61. The van der Waals surface area contributed by atoms with Crippen molar-refractivity contribution in [3.05, 3.63) is 0 Å². The Bertz CT molecular complexity index is 125. The summed E-state index contributed by atoms with van der Waals surface area (Å²) < 4.78 is 0. The topological polar surface area (TPSA) is 23.9 Å². The van der Waals surface area contributed by atoms with Crippen molar-refractivity contribution < 1.29 is 0 Å². The molecule has 1 rings (SSSR count). The van der Waals surface area contributed by atoms with E-state index in [0.29, 0.717) is 11.3 Å². The first kappa shape index (κ1) is 7.77. The van der Waals surface area contributed by atoms with E-state index in [0.717, 1.165) is 6.42 Å². The predicted molar refractivity (Wildman–Crippen MR) is 44.5 cm³/mol. The Labute approximate surface area is 63.3 Å². The molecule has 1 atom stereocenters. The maximum atomic E-state index is 7.14. The van der Waals surface area contributed by atoms with Gasteiger partial charge in [0, 0.05) is 0 Å². The quantitative estimate of drug-likeness (QED) is 0.579. The second-order valence-corrected chi connectivity index (χ2v) is 3.85. The fourth-order valence-electron chi connectivity index (χ4n) is 1.37. The van der Waals surface area contributed by atoms with Crippen LogP contribution >= 0.6 is 0 Å². The lowest BCUT2D eigenvalue weighted by Gasteiger charge is -2.13. The zero-order valence-electron chi connectivity index (χ0n) is 6.98. The third-order valence-electron chi connectivity index (χ3n) is 2.62. The molecule has 1 fully saturated rings. The van der Waals surface area contributed by atoms with E-state index in [4.69, 9.17) is 5.41 Å². The maximum absolute atomic E-state index is 7.14. The van der Waals surface area contributed by atoms with Gasteiger partial charge in [0.15, 0.2) is 0 Å². The molecule has 0 aliphatic heterocycles. The van der Waals surface area contributed by atoms with Crippen molar-refractivity contribution in [2.75, 3.05) is 0 Å². The minimum absolute atomic E-state index is 0.549. The first-order valence-electron chi connectivity index (χ1n) is 4.21. The van der Waals surface area contributed by atoms with Crippen LogP contribution in [0.25, 0.3) is 0 Å². The van der Waals surface area contributed by atoms with E-state index in [2.05, 4.69) is 13.8 Å². The first-order chi connectivity index (χ1) is 4.70. The van der Waals surface area contributed by atoms with Crippen molar-refractivity contribution >= 4 is 6.21 Å². The highest BCUT2D eigenvalue weighted by Gasteiger charge is 2.38. The molecule has 0 bridgehead atoms. The van der Waals surface area contributed by atoms with Gasteiger partial charge in [-0.2, -0.15) is 0 Å². The molecule has 0 heterocycles. The van der Waals surface area contributed by atoms with Gasteiger partial charge in [0.2, 0.25) is 0 Å². The number of rotatable bonds is 4. The van der Waals surface area contributed by atoms with Gasteiger partial charge < -0.3 is 5.41 Å². The highest BCUT2D eigenvalue weighted by Crippen LogP contribution is 2.50. The average Bonchev–Trinajstić information content (AvgIpc) is 2.64. The van der Waals surface area contributed by atoms with Gasteiger partial charge in [-0.15, -0.1) is 0 Å². The summed E-state index contributed by atoms with van der Waals surface area (Å²) in [6.45, 7) is 4.50. The molecule has 1 N–H and O–H groups in total. The largest absolute Gasteiger partial charge is 0.313 e. The molecule has 1 aliphatic rings. The molecule has 0 saturated heterocycles. The summed E-state index contributed by atoms with van der Waals surface area (Å²) in [6.07, 6.45) is 6.77. The third kappa shape index (κ3) is 1.83. The fraction of sp³-hybridized carbons (Fsp3) is 0.889. The molecule has 1 heteroatoms. The molecule has 1 unspecified atom stereocenters. The highest BCUT2D eigenvalue weighted by atomic mass is 14.5. The van der Waals surface area contributed by atoms with Crippen molar-refractivity contribution in [2.45, 2.75) is 39.5 Å². The van der Waals surface area contributed by atoms with Gasteiger partial charge in [0.05, 0.1) is 0 Å². The summed E-state index contributed by atoms with van der Waals surface area (Å²) in [5.74, 6) is 0.549. The van der Waals surface area contributed by atoms with Crippen LogP contribution in [0.2, 0.25) is 0 Å². The molecule has 0 aromatic carbocycles. The summed E-state index contributed by atoms with van der Waals surface area (Å²) in [7, 11) is 0. The van der Waals surface area contributed by atoms with E-state index in [9.17, 15) is 0 Å². The minimum atomic E-state index is 0.549. The van der Waals surface area contributed by atoms with Crippen LogP contribution in [0.3, 0.4) is 0 Å². The monoisotopic (exact) mass is 139 g/mol. The smallest absolute Gasteiger partial charge is 0.00166 e. The van der Waals surface area contributed by atoms with Crippen LogP contribution in [0.4, 0.5) is 0 Å². The van der Waals surface area contributed by atoms with Gasteiger partial charge in [-0.1, -0.05) is 13.8 Å². The first-order valence-corrected chi connectivity index (χ1v) is 4.21. The normalized spacial score (nSPS) is 23.8. The Hall–Kier alpha value is -0.330. The van der Waals surface area contributed by atoms with Gasteiger partial charge in [0.1, 0.15) is 0 Å². The van der Waals surface area contributed by atoms with Gasteiger partial charge in [-0.3, -0.25) is 0 Å². The maximum Gasteiger partial charge on any atom is -0.00166 e. The van der Waals surface area contributed by atoms with Crippen LogP contribution in [0.5, 0.6) is 0 Å². The molecule has 10 heavy (non-hydrogen) atoms. The molecule has 1 aliphatic carbocycles. The number of hydrogen-bond acceptors (Lipinski definition) is 1. The van der Waals surface area contributed by atoms with Crippen LogP contribution in [-0.2, 0) is 0 Å². The van der Waals surface area contributed by atoms with Gasteiger partial charge in [-0.25, -0.2) is 0 Å². The molecule has 58 valence electrons. The van der Waals surface area contributed by atoms with E-state index in [1.54, 1.807) is 6.21 Å². The lowest BCUT2D eigenvalue weighted by atomic mass is 9.93. The second kappa shape index (κ2) is 2.73. The summed E-state index contributed by atoms with van der Waals surface area (Å²) >= 11 is 0. The van der Waals surface area contributed by atoms with Gasteiger partial charge in [-0.05, 0) is 43.2 Å². The van der Waals surface area contributed by atoms with Crippen LogP contribution in [0.1, 0.15) is 39.5 Å². The Balaban J connectivity index is 2.27. The van der Waals surface area contributed by atoms with E-state index in [1.807, 2.05) is 0 Å². The van der Waals surface area contributed by atoms with Crippen LogP contribution < -0.4 is 0 Å². The third-order valence-corrected chi connectivity index (χ3v) is 2.62. The predicted octanol–water partition coefficient (Wildman–Crippen LogP) is 2.85. The summed E-state index contributed by atoms with van der Waals surface area (Å²) in [4.78, 5) is 0. The molecule has 1 saturated carbocycles. The van der Waals surface area contributed by atoms with Crippen molar-refractivity contribution in [3.63, 3.8) is 0 Å². The minimum Gasteiger partial charge on any atom is -0.313 e. The van der Waals surface area contributed by atoms with Crippen LogP contribution in [-0.4, -0.2) is 6.21 Å². The Morgan fingerprint density at radius 1 is 1.60 bits per heavy atom. The number of nitrogens with one attached hydrogen (secondary N) is 1. The van der Waals surface area contributed by atoms with E-state index < -0.39 is 0 Å². The van der Waals surface area contributed by atoms with Crippen molar-refractivity contribution in [3.8, 4) is 0 Å². The lowest BCUT2D eigenvalue weighted by Crippen LogP contribution is -2.06. The van der Waals surface area contributed by atoms with Crippen molar-refractivity contribution in [2.24, 2.45) is 11.3 Å². The zero-order valence-corrected chi connectivity index (χ0v) is 6.98. The second-order valence-electron chi connectivity index (χ2n) is 3.85. The van der Waals surface area contributed by atoms with Crippen molar-refractivity contribution in [1.82, 2.24) is 0 Å². The van der Waals surface area contributed by atoms with Gasteiger partial charge in [0.25, 0.3) is 0 Å². The molecule has 0 radical (unpaired) electrons. The SMILES string of the molecule is CCC(C=N)CC1(C)CC1. The number of hydrogen-bond donors (Lipinski definition) is 1. The van der Waals surface area contributed by atoms with Gasteiger partial charge >= 0.3 is 0 Å². The average molecular weight is 139 g/mol. The van der Waals surface area contributed by atoms with Crippen LogP contribution in [0.15, 0.2) is 0 Å². The Morgan fingerprint density at radius 2 is 2.20 bits per heavy atom. The van der Waals surface area contributed by atoms with E-state index >= 15 is 0 Å². The molecule has 0 amide bonds. The summed E-state index contributed by atoms with van der Waals surface area (Å²) in [5.41, 5.74) is 0.623. The summed E-state index contributed by atoms with van der Waals surface area (Å²) in [5, 5.41) is 7.14. The standard InChI is InChI=1S/C9H17N/c1-3-8(7-10)6-9(2)4-5-9/h7-8,10H,3-6H2,1-2H3.